The molecular formula is C14H14ClFN2. The van der Waals surface area contributed by atoms with E-state index in [1.165, 1.54) is 12.3 Å². The van der Waals surface area contributed by atoms with Gasteiger partial charge < -0.3 is 5.32 Å². The molecule has 0 amide bonds. The van der Waals surface area contributed by atoms with Crippen LogP contribution in [-0.2, 0) is 6.54 Å². The van der Waals surface area contributed by atoms with Crippen molar-refractivity contribution in [3.05, 3.63) is 65.7 Å². The molecule has 0 saturated carbocycles. The monoisotopic (exact) mass is 264 g/mol. The number of alkyl halides is 1. The predicted octanol–water partition coefficient (Wildman–Crippen LogP) is 3.29. The Morgan fingerprint density at radius 1 is 1.22 bits per heavy atom. The first-order chi connectivity index (χ1) is 8.75. The third-order valence-corrected chi connectivity index (χ3v) is 2.98. The molecule has 0 aliphatic rings. The Morgan fingerprint density at radius 3 is 2.72 bits per heavy atom. The molecule has 0 saturated heterocycles. The van der Waals surface area contributed by atoms with Gasteiger partial charge in [0.2, 0.25) is 0 Å². The Labute approximate surface area is 111 Å². The average molecular weight is 265 g/mol. The van der Waals surface area contributed by atoms with Crippen LogP contribution in [0.5, 0.6) is 0 Å². The van der Waals surface area contributed by atoms with Gasteiger partial charge in [-0.3, -0.25) is 4.98 Å². The van der Waals surface area contributed by atoms with E-state index in [1.54, 1.807) is 6.20 Å². The second-order valence-corrected chi connectivity index (χ2v) is 4.55. The van der Waals surface area contributed by atoms with Gasteiger partial charge in [0.25, 0.3) is 0 Å². The van der Waals surface area contributed by atoms with E-state index in [2.05, 4.69) is 10.3 Å². The SMILES string of the molecule is Fc1cncc(CNCC(Cl)c2ccccc2)c1. The number of halogens is 2. The number of nitrogens with one attached hydrogen (secondary N) is 1. The molecule has 0 aliphatic carbocycles. The van der Waals surface area contributed by atoms with Crippen LogP contribution >= 0.6 is 11.6 Å². The lowest BCUT2D eigenvalue weighted by molar-refractivity contribution is 0.611. The smallest absolute Gasteiger partial charge is 0.141 e. The van der Waals surface area contributed by atoms with Gasteiger partial charge in [-0.25, -0.2) is 4.39 Å². The Bertz CT molecular complexity index is 490. The van der Waals surface area contributed by atoms with Crippen molar-refractivity contribution in [2.75, 3.05) is 6.54 Å². The molecule has 1 aromatic heterocycles. The highest BCUT2D eigenvalue weighted by molar-refractivity contribution is 6.21. The topological polar surface area (TPSA) is 24.9 Å². The van der Waals surface area contributed by atoms with Crippen molar-refractivity contribution >= 4 is 11.6 Å². The highest BCUT2D eigenvalue weighted by Gasteiger charge is 2.06. The van der Waals surface area contributed by atoms with E-state index in [1.807, 2.05) is 30.3 Å². The van der Waals surface area contributed by atoms with Crippen LogP contribution < -0.4 is 5.32 Å². The van der Waals surface area contributed by atoms with E-state index >= 15 is 0 Å². The highest BCUT2D eigenvalue weighted by Crippen LogP contribution is 2.18. The van der Waals surface area contributed by atoms with Gasteiger partial charge in [-0.15, -0.1) is 11.6 Å². The van der Waals surface area contributed by atoms with Crippen molar-refractivity contribution in [1.29, 1.82) is 0 Å². The first-order valence-electron chi connectivity index (χ1n) is 5.75. The number of nitrogens with zero attached hydrogens (tertiary/aromatic N) is 1. The molecule has 2 rings (SSSR count). The molecule has 2 aromatic rings. The van der Waals surface area contributed by atoms with E-state index < -0.39 is 0 Å². The Hall–Kier alpha value is -1.45. The summed E-state index contributed by atoms with van der Waals surface area (Å²) in [5.74, 6) is -0.320. The summed E-state index contributed by atoms with van der Waals surface area (Å²) in [5.41, 5.74) is 1.89. The normalized spacial score (nSPS) is 12.3. The number of hydrogen-bond donors (Lipinski definition) is 1. The van der Waals surface area contributed by atoms with E-state index in [4.69, 9.17) is 11.6 Å². The minimum atomic E-state index is -0.320. The van der Waals surface area contributed by atoms with Crippen molar-refractivity contribution < 1.29 is 4.39 Å². The van der Waals surface area contributed by atoms with Gasteiger partial charge in [-0.05, 0) is 17.2 Å². The maximum atomic E-state index is 12.9. The highest BCUT2D eigenvalue weighted by atomic mass is 35.5. The van der Waals surface area contributed by atoms with Gasteiger partial charge in [0.1, 0.15) is 5.82 Å². The summed E-state index contributed by atoms with van der Waals surface area (Å²) < 4.78 is 12.9. The van der Waals surface area contributed by atoms with Crippen LogP contribution in [0.25, 0.3) is 0 Å². The molecule has 1 atom stereocenters. The summed E-state index contributed by atoms with van der Waals surface area (Å²) in [6.45, 7) is 1.18. The standard InChI is InChI=1S/C14H14ClFN2/c15-14(12-4-2-1-3-5-12)10-18-8-11-6-13(16)9-17-7-11/h1-7,9,14,18H,8,10H2. The molecular weight excluding hydrogens is 251 g/mol. The second-order valence-electron chi connectivity index (χ2n) is 4.02. The first-order valence-corrected chi connectivity index (χ1v) is 6.18. The zero-order chi connectivity index (χ0) is 12.8. The number of rotatable bonds is 5. The summed E-state index contributed by atoms with van der Waals surface area (Å²) in [6.07, 6.45) is 2.83. The summed E-state index contributed by atoms with van der Waals surface area (Å²) >= 11 is 6.25. The predicted molar refractivity (Wildman–Crippen MR) is 70.9 cm³/mol. The van der Waals surface area contributed by atoms with Crippen molar-refractivity contribution in [1.82, 2.24) is 10.3 Å². The molecule has 1 unspecified atom stereocenters. The van der Waals surface area contributed by atoms with Gasteiger partial charge in [0.05, 0.1) is 11.6 Å². The van der Waals surface area contributed by atoms with E-state index in [-0.39, 0.29) is 11.2 Å². The molecule has 94 valence electrons. The second kappa shape index (κ2) is 6.47. The lowest BCUT2D eigenvalue weighted by Gasteiger charge is -2.11. The Morgan fingerprint density at radius 2 is 2.00 bits per heavy atom. The Balaban J connectivity index is 1.82. The fraction of sp³-hybridized carbons (Fsp3) is 0.214. The fourth-order valence-electron chi connectivity index (χ4n) is 1.68. The zero-order valence-corrected chi connectivity index (χ0v) is 10.6. The van der Waals surface area contributed by atoms with Crippen LogP contribution in [0, 0.1) is 5.82 Å². The Kier molecular flexibility index (Phi) is 4.67. The molecule has 0 fully saturated rings. The van der Waals surface area contributed by atoms with Crippen LogP contribution in [0.3, 0.4) is 0 Å². The first kappa shape index (κ1) is 13.0. The van der Waals surface area contributed by atoms with Crippen molar-refractivity contribution in [3.8, 4) is 0 Å². The van der Waals surface area contributed by atoms with Crippen LogP contribution in [-0.4, -0.2) is 11.5 Å². The number of aromatic nitrogens is 1. The molecule has 0 aliphatic heterocycles. The van der Waals surface area contributed by atoms with Crippen molar-refractivity contribution in [2.45, 2.75) is 11.9 Å². The summed E-state index contributed by atoms with van der Waals surface area (Å²) in [6, 6.07) is 11.3. The molecule has 0 spiro atoms. The third kappa shape index (κ3) is 3.79. The molecule has 4 heteroatoms. The van der Waals surface area contributed by atoms with Crippen LogP contribution in [0.1, 0.15) is 16.5 Å². The number of pyridine rings is 1. The fourth-order valence-corrected chi connectivity index (χ4v) is 1.93. The maximum absolute atomic E-state index is 12.9. The summed E-state index contributed by atoms with van der Waals surface area (Å²) in [4.78, 5) is 3.79. The van der Waals surface area contributed by atoms with E-state index in [9.17, 15) is 4.39 Å². The minimum Gasteiger partial charge on any atom is -0.311 e. The lowest BCUT2D eigenvalue weighted by Crippen LogP contribution is -2.18. The van der Waals surface area contributed by atoms with Crippen molar-refractivity contribution in [2.24, 2.45) is 0 Å². The van der Waals surface area contributed by atoms with Crippen LogP contribution in [0.4, 0.5) is 4.39 Å². The summed E-state index contributed by atoms with van der Waals surface area (Å²) in [7, 11) is 0. The van der Waals surface area contributed by atoms with E-state index in [0.717, 1.165) is 11.1 Å². The largest absolute Gasteiger partial charge is 0.311 e. The van der Waals surface area contributed by atoms with Crippen LogP contribution in [0.15, 0.2) is 48.8 Å². The van der Waals surface area contributed by atoms with Gasteiger partial charge in [0.15, 0.2) is 0 Å². The average Bonchev–Trinajstić information content (AvgIpc) is 2.40. The van der Waals surface area contributed by atoms with Gasteiger partial charge >= 0.3 is 0 Å². The molecule has 2 nitrogen and oxygen atoms in total. The van der Waals surface area contributed by atoms with Gasteiger partial charge in [-0.1, -0.05) is 30.3 Å². The summed E-state index contributed by atoms with van der Waals surface area (Å²) in [5, 5.41) is 3.10. The maximum Gasteiger partial charge on any atom is 0.141 e. The number of benzene rings is 1. The molecule has 0 bridgehead atoms. The lowest BCUT2D eigenvalue weighted by atomic mass is 10.1. The number of hydrogen-bond acceptors (Lipinski definition) is 2. The molecule has 1 N–H and O–H groups in total. The zero-order valence-electron chi connectivity index (χ0n) is 9.81. The molecule has 18 heavy (non-hydrogen) atoms. The molecule has 1 aromatic carbocycles. The quantitative estimate of drug-likeness (QED) is 0.839. The van der Waals surface area contributed by atoms with Crippen LogP contribution in [0.2, 0.25) is 0 Å². The van der Waals surface area contributed by atoms with Crippen molar-refractivity contribution in [3.63, 3.8) is 0 Å². The molecule has 0 radical (unpaired) electrons. The molecule has 1 heterocycles. The minimum absolute atomic E-state index is 0.0901. The van der Waals surface area contributed by atoms with Gasteiger partial charge in [0, 0.05) is 19.3 Å². The van der Waals surface area contributed by atoms with Gasteiger partial charge in [-0.2, -0.15) is 0 Å². The van der Waals surface area contributed by atoms with E-state index in [0.29, 0.717) is 13.1 Å². The third-order valence-electron chi connectivity index (χ3n) is 2.58.